The van der Waals surface area contributed by atoms with Crippen LogP contribution in [0.3, 0.4) is 0 Å². The topological polar surface area (TPSA) is 70.2 Å². The highest BCUT2D eigenvalue weighted by Gasteiger charge is 2.42. The Kier molecular flexibility index (Phi) is 7.06. The summed E-state index contributed by atoms with van der Waals surface area (Å²) in [7, 11) is 0. The minimum Gasteiger partial charge on any atom is -0.354 e. The largest absolute Gasteiger partial charge is 0.354 e. The molecule has 3 amide bonds. The molecule has 0 spiro atoms. The number of benzene rings is 2. The van der Waals surface area contributed by atoms with Gasteiger partial charge in [-0.25, -0.2) is 4.79 Å². The van der Waals surface area contributed by atoms with Crippen LogP contribution in [0.15, 0.2) is 60.7 Å². The first-order chi connectivity index (χ1) is 13.7. The van der Waals surface area contributed by atoms with Crippen molar-refractivity contribution in [2.24, 2.45) is 0 Å². The third kappa shape index (κ3) is 5.59. The molecule has 0 aromatic heterocycles. The van der Waals surface area contributed by atoms with Gasteiger partial charge in [-0.1, -0.05) is 73.5 Å². The van der Waals surface area contributed by atoms with Crippen molar-refractivity contribution in [3.63, 3.8) is 0 Å². The Labute approximate surface area is 166 Å². The van der Waals surface area contributed by atoms with E-state index in [1.54, 1.807) is 0 Å². The molecule has 5 heteroatoms. The molecule has 1 fully saturated rings. The normalized spacial score (nSPS) is 15.0. The average Bonchev–Trinajstić information content (AvgIpc) is 3.21. The van der Waals surface area contributed by atoms with E-state index in [0.29, 0.717) is 25.9 Å². The molecule has 0 radical (unpaired) electrons. The molecule has 2 aromatic rings. The van der Waals surface area contributed by atoms with Gasteiger partial charge >= 0.3 is 6.03 Å². The fourth-order valence-electron chi connectivity index (χ4n) is 3.74. The maximum absolute atomic E-state index is 12.8. The van der Waals surface area contributed by atoms with Gasteiger partial charge in [0.05, 0.1) is 0 Å². The van der Waals surface area contributed by atoms with Crippen LogP contribution in [0.5, 0.6) is 0 Å². The first kappa shape index (κ1) is 19.9. The first-order valence-corrected chi connectivity index (χ1v) is 10.1. The fourth-order valence-corrected chi connectivity index (χ4v) is 3.74. The number of carbonyl (C=O) groups is 2. The highest BCUT2D eigenvalue weighted by molar-refractivity contribution is 5.91. The highest BCUT2D eigenvalue weighted by Crippen LogP contribution is 2.30. The van der Waals surface area contributed by atoms with E-state index < -0.39 is 5.54 Å². The smallest absolute Gasteiger partial charge is 0.315 e. The Morgan fingerprint density at radius 2 is 1.43 bits per heavy atom. The van der Waals surface area contributed by atoms with Crippen LogP contribution in [-0.2, 0) is 17.8 Å². The van der Waals surface area contributed by atoms with E-state index in [1.807, 2.05) is 48.5 Å². The Morgan fingerprint density at radius 1 is 0.821 bits per heavy atom. The molecular weight excluding hydrogens is 350 g/mol. The summed E-state index contributed by atoms with van der Waals surface area (Å²) in [6, 6.07) is 19.7. The number of hydrogen-bond donors (Lipinski definition) is 3. The van der Waals surface area contributed by atoms with Crippen LogP contribution < -0.4 is 16.0 Å². The van der Waals surface area contributed by atoms with Crippen LogP contribution in [0.1, 0.15) is 43.2 Å². The standard InChI is InChI=1S/C23H29N3O2/c27-21(24-17-9-14-19-10-3-1-4-11-19)23(15-7-8-16-23)26-22(28)25-18-20-12-5-2-6-13-20/h1-6,10-13H,7-9,14-18H2,(H,24,27)(H2,25,26,28). The molecule has 0 bridgehead atoms. The zero-order valence-electron chi connectivity index (χ0n) is 16.2. The number of amides is 3. The lowest BCUT2D eigenvalue weighted by Crippen LogP contribution is -2.59. The third-order valence-corrected chi connectivity index (χ3v) is 5.31. The molecule has 1 aliphatic rings. The van der Waals surface area contributed by atoms with Crippen molar-refractivity contribution in [1.82, 2.24) is 16.0 Å². The highest BCUT2D eigenvalue weighted by atomic mass is 16.2. The molecule has 0 saturated heterocycles. The van der Waals surface area contributed by atoms with Crippen molar-refractivity contribution in [2.45, 2.75) is 50.6 Å². The first-order valence-electron chi connectivity index (χ1n) is 10.1. The lowest BCUT2D eigenvalue weighted by molar-refractivity contribution is -0.127. The molecular formula is C23H29N3O2. The van der Waals surface area contributed by atoms with Gasteiger partial charge in [0.25, 0.3) is 0 Å². The lowest BCUT2D eigenvalue weighted by Gasteiger charge is -2.29. The van der Waals surface area contributed by atoms with Gasteiger partial charge in [-0.3, -0.25) is 4.79 Å². The van der Waals surface area contributed by atoms with Crippen molar-refractivity contribution in [2.75, 3.05) is 6.54 Å². The summed E-state index contributed by atoms with van der Waals surface area (Å²) in [5, 5.41) is 8.86. The molecule has 148 valence electrons. The maximum atomic E-state index is 12.8. The predicted molar refractivity (Wildman–Crippen MR) is 111 cm³/mol. The van der Waals surface area contributed by atoms with E-state index in [2.05, 4.69) is 28.1 Å². The van der Waals surface area contributed by atoms with Crippen LogP contribution in [0.4, 0.5) is 4.79 Å². The molecule has 3 N–H and O–H groups in total. The Bertz CT molecular complexity index is 756. The number of urea groups is 1. The SMILES string of the molecule is O=C(NCc1ccccc1)NC1(C(=O)NCCCc2ccccc2)CCCC1. The summed E-state index contributed by atoms with van der Waals surface area (Å²) in [4.78, 5) is 25.2. The second-order valence-electron chi connectivity index (χ2n) is 7.43. The number of aryl methyl sites for hydroxylation is 1. The molecule has 0 unspecified atom stereocenters. The second kappa shape index (κ2) is 9.93. The average molecular weight is 380 g/mol. The van der Waals surface area contributed by atoms with Gasteiger partial charge in [0.2, 0.25) is 5.91 Å². The molecule has 28 heavy (non-hydrogen) atoms. The van der Waals surface area contributed by atoms with Gasteiger partial charge in [0.1, 0.15) is 5.54 Å². The summed E-state index contributed by atoms with van der Waals surface area (Å²) in [6.07, 6.45) is 5.10. The van der Waals surface area contributed by atoms with Gasteiger partial charge in [-0.15, -0.1) is 0 Å². The van der Waals surface area contributed by atoms with E-state index >= 15 is 0 Å². The summed E-state index contributed by atoms with van der Waals surface area (Å²) in [5.41, 5.74) is 1.52. The molecule has 3 rings (SSSR count). The summed E-state index contributed by atoms with van der Waals surface area (Å²) in [5.74, 6) is -0.0621. The van der Waals surface area contributed by atoms with E-state index in [0.717, 1.165) is 31.2 Å². The Morgan fingerprint density at radius 3 is 2.07 bits per heavy atom. The molecule has 1 aliphatic carbocycles. The molecule has 0 aliphatic heterocycles. The summed E-state index contributed by atoms with van der Waals surface area (Å²) >= 11 is 0. The van der Waals surface area contributed by atoms with Crippen LogP contribution in [0.25, 0.3) is 0 Å². The molecule has 5 nitrogen and oxygen atoms in total. The van der Waals surface area contributed by atoms with E-state index in [1.165, 1.54) is 5.56 Å². The van der Waals surface area contributed by atoms with Crippen molar-refractivity contribution in [3.8, 4) is 0 Å². The molecule has 2 aromatic carbocycles. The van der Waals surface area contributed by atoms with Crippen LogP contribution in [0, 0.1) is 0 Å². The Hall–Kier alpha value is -2.82. The zero-order chi connectivity index (χ0) is 19.7. The van der Waals surface area contributed by atoms with E-state index in [4.69, 9.17) is 0 Å². The quantitative estimate of drug-likeness (QED) is 0.614. The van der Waals surface area contributed by atoms with Crippen LogP contribution >= 0.6 is 0 Å². The van der Waals surface area contributed by atoms with Gasteiger partial charge in [0.15, 0.2) is 0 Å². The van der Waals surface area contributed by atoms with Gasteiger partial charge in [0, 0.05) is 13.1 Å². The third-order valence-electron chi connectivity index (χ3n) is 5.31. The van der Waals surface area contributed by atoms with Crippen molar-refractivity contribution < 1.29 is 9.59 Å². The second-order valence-corrected chi connectivity index (χ2v) is 7.43. The molecule has 1 saturated carbocycles. The van der Waals surface area contributed by atoms with Crippen molar-refractivity contribution in [1.29, 1.82) is 0 Å². The van der Waals surface area contributed by atoms with Crippen LogP contribution in [-0.4, -0.2) is 24.0 Å². The molecule has 0 atom stereocenters. The van der Waals surface area contributed by atoms with Gasteiger partial charge < -0.3 is 16.0 Å². The number of hydrogen-bond acceptors (Lipinski definition) is 2. The monoisotopic (exact) mass is 379 g/mol. The number of nitrogens with one attached hydrogen (secondary N) is 3. The number of carbonyl (C=O) groups excluding carboxylic acids is 2. The van der Waals surface area contributed by atoms with E-state index in [9.17, 15) is 9.59 Å². The van der Waals surface area contributed by atoms with Gasteiger partial charge in [-0.05, 0) is 36.8 Å². The molecule has 0 heterocycles. The summed E-state index contributed by atoms with van der Waals surface area (Å²) < 4.78 is 0. The predicted octanol–water partition coefficient (Wildman–Crippen LogP) is 3.55. The number of rotatable bonds is 8. The fraction of sp³-hybridized carbons (Fsp3) is 0.391. The van der Waals surface area contributed by atoms with E-state index in [-0.39, 0.29) is 11.9 Å². The van der Waals surface area contributed by atoms with Crippen molar-refractivity contribution in [3.05, 3.63) is 71.8 Å². The Balaban J connectivity index is 1.46. The van der Waals surface area contributed by atoms with Crippen LogP contribution in [0.2, 0.25) is 0 Å². The maximum Gasteiger partial charge on any atom is 0.315 e. The zero-order valence-corrected chi connectivity index (χ0v) is 16.2. The minimum absolute atomic E-state index is 0.0621. The van der Waals surface area contributed by atoms with Gasteiger partial charge in [-0.2, -0.15) is 0 Å². The lowest BCUT2D eigenvalue weighted by atomic mass is 9.96. The van der Waals surface area contributed by atoms with Crippen molar-refractivity contribution >= 4 is 11.9 Å². The minimum atomic E-state index is -0.784. The summed E-state index contributed by atoms with van der Waals surface area (Å²) in [6.45, 7) is 1.06.